The predicted molar refractivity (Wildman–Crippen MR) is 132 cm³/mol. The van der Waals surface area contributed by atoms with Gasteiger partial charge >= 0.3 is 6.09 Å². The number of fused-ring (bicyclic) bond motifs is 5. The van der Waals surface area contributed by atoms with Gasteiger partial charge in [-0.1, -0.05) is 47.7 Å². The SMILES string of the molecule is O=C(Nc1ccc(-c2ccc(O)s2)cc1)OCc1ccc(CN2C(=O)C3C4CCC(O4)C3C2=O)cc1. The Balaban J connectivity index is 1.01. The first-order chi connectivity index (χ1) is 17.5. The fourth-order valence-corrected chi connectivity index (χ4v) is 6.11. The van der Waals surface area contributed by atoms with E-state index in [2.05, 4.69) is 5.32 Å². The van der Waals surface area contributed by atoms with Crippen LogP contribution in [0.3, 0.4) is 0 Å². The Morgan fingerprint density at radius 2 is 1.58 bits per heavy atom. The van der Waals surface area contributed by atoms with Crippen molar-refractivity contribution in [3.8, 4) is 15.5 Å². The monoisotopic (exact) mass is 504 g/mol. The molecule has 2 bridgehead atoms. The molecule has 0 saturated carbocycles. The van der Waals surface area contributed by atoms with Crippen LogP contribution in [0.15, 0.2) is 60.7 Å². The van der Waals surface area contributed by atoms with Gasteiger partial charge in [-0.25, -0.2) is 4.79 Å². The number of benzene rings is 2. The Bertz CT molecular complexity index is 1290. The maximum absolute atomic E-state index is 12.8. The van der Waals surface area contributed by atoms with Gasteiger partial charge in [0.05, 0.1) is 30.6 Å². The number of ether oxygens (including phenoxy) is 2. The highest BCUT2D eigenvalue weighted by Gasteiger charge is 2.62. The number of aromatic hydroxyl groups is 1. The van der Waals surface area contributed by atoms with E-state index < -0.39 is 6.09 Å². The highest BCUT2D eigenvalue weighted by molar-refractivity contribution is 7.17. The Morgan fingerprint density at radius 1 is 0.944 bits per heavy atom. The second kappa shape index (κ2) is 9.07. The van der Waals surface area contributed by atoms with Gasteiger partial charge in [-0.05, 0) is 53.8 Å². The van der Waals surface area contributed by atoms with Gasteiger partial charge in [0.15, 0.2) is 5.06 Å². The molecular weight excluding hydrogens is 480 g/mol. The number of carbonyl (C=O) groups is 3. The summed E-state index contributed by atoms with van der Waals surface area (Å²) in [5.41, 5.74) is 3.19. The van der Waals surface area contributed by atoms with E-state index in [4.69, 9.17) is 9.47 Å². The van der Waals surface area contributed by atoms with Crippen LogP contribution >= 0.6 is 11.3 Å². The molecule has 8 nitrogen and oxygen atoms in total. The van der Waals surface area contributed by atoms with Crippen molar-refractivity contribution in [3.05, 3.63) is 71.8 Å². The van der Waals surface area contributed by atoms with E-state index in [9.17, 15) is 19.5 Å². The molecule has 3 amide bonds. The molecule has 3 aliphatic heterocycles. The zero-order valence-electron chi connectivity index (χ0n) is 19.3. The van der Waals surface area contributed by atoms with Crippen molar-refractivity contribution in [1.29, 1.82) is 0 Å². The van der Waals surface area contributed by atoms with E-state index in [0.29, 0.717) is 5.69 Å². The normalized spacial score (nSPS) is 24.3. The molecule has 6 rings (SSSR count). The lowest BCUT2D eigenvalue weighted by Gasteiger charge is -2.17. The lowest BCUT2D eigenvalue weighted by molar-refractivity contribution is -0.143. The molecule has 2 N–H and O–H groups in total. The number of nitrogens with zero attached hydrogens (tertiary/aromatic N) is 1. The molecule has 4 heterocycles. The minimum absolute atomic E-state index is 0.0884. The number of carbonyl (C=O) groups excluding carboxylic acids is 3. The summed E-state index contributed by atoms with van der Waals surface area (Å²) < 4.78 is 11.1. The summed E-state index contributed by atoms with van der Waals surface area (Å²) in [6.45, 7) is 0.331. The van der Waals surface area contributed by atoms with Crippen LogP contribution in [0.25, 0.3) is 10.4 Å². The summed E-state index contributed by atoms with van der Waals surface area (Å²) >= 11 is 1.29. The molecule has 3 aliphatic rings. The Kier molecular flexibility index (Phi) is 5.73. The Labute approximate surface area is 211 Å². The summed E-state index contributed by atoms with van der Waals surface area (Å²) in [7, 11) is 0. The molecule has 184 valence electrons. The van der Waals surface area contributed by atoms with E-state index in [0.717, 1.165) is 34.4 Å². The predicted octanol–water partition coefficient (Wildman–Crippen LogP) is 4.53. The van der Waals surface area contributed by atoms with Crippen LogP contribution < -0.4 is 5.32 Å². The number of anilines is 1. The number of amides is 3. The van der Waals surface area contributed by atoms with E-state index in [1.54, 1.807) is 18.2 Å². The zero-order chi connectivity index (χ0) is 24.8. The van der Waals surface area contributed by atoms with Gasteiger partial charge < -0.3 is 14.6 Å². The number of hydrogen-bond acceptors (Lipinski definition) is 7. The highest BCUT2D eigenvalue weighted by Crippen LogP contribution is 2.48. The largest absolute Gasteiger partial charge is 0.499 e. The van der Waals surface area contributed by atoms with E-state index in [1.165, 1.54) is 16.2 Å². The molecule has 36 heavy (non-hydrogen) atoms. The van der Waals surface area contributed by atoms with E-state index in [1.807, 2.05) is 42.5 Å². The van der Waals surface area contributed by atoms with Crippen molar-refractivity contribution in [2.24, 2.45) is 11.8 Å². The molecule has 3 saturated heterocycles. The standard InChI is InChI=1S/C27H24N2O6S/c30-22-12-11-21(36-22)17-5-7-18(8-6-17)28-27(33)34-14-16-3-1-15(2-4-16)13-29-25(31)23-19-9-10-20(35-19)24(23)26(29)32/h1-8,11-12,19-20,23-24,30H,9-10,13-14H2,(H,28,33). The third kappa shape index (κ3) is 4.14. The van der Waals surface area contributed by atoms with Gasteiger partial charge in [0.25, 0.3) is 0 Å². The van der Waals surface area contributed by atoms with Crippen molar-refractivity contribution in [1.82, 2.24) is 4.90 Å². The van der Waals surface area contributed by atoms with Crippen LogP contribution in [0.2, 0.25) is 0 Å². The Morgan fingerprint density at radius 3 is 2.19 bits per heavy atom. The molecule has 2 aromatic carbocycles. The number of nitrogens with one attached hydrogen (secondary N) is 1. The molecule has 0 spiro atoms. The molecule has 9 heteroatoms. The minimum Gasteiger partial charge on any atom is -0.499 e. The average molecular weight is 505 g/mol. The second-order valence-electron chi connectivity index (χ2n) is 9.34. The van der Waals surface area contributed by atoms with Gasteiger partial charge in [0, 0.05) is 10.6 Å². The smallest absolute Gasteiger partial charge is 0.411 e. The van der Waals surface area contributed by atoms with Crippen molar-refractivity contribution in [2.45, 2.75) is 38.2 Å². The summed E-state index contributed by atoms with van der Waals surface area (Å²) in [6.07, 6.45) is 0.915. The van der Waals surface area contributed by atoms with Crippen LogP contribution in [-0.2, 0) is 32.2 Å². The lowest BCUT2D eigenvalue weighted by Crippen LogP contribution is -2.33. The lowest BCUT2D eigenvalue weighted by atomic mass is 9.81. The van der Waals surface area contributed by atoms with Crippen LogP contribution in [0.1, 0.15) is 24.0 Å². The Hall–Kier alpha value is -3.69. The summed E-state index contributed by atoms with van der Waals surface area (Å²) in [5.74, 6) is -0.879. The highest BCUT2D eigenvalue weighted by atomic mass is 32.1. The fraction of sp³-hybridized carbons (Fsp3) is 0.296. The van der Waals surface area contributed by atoms with Crippen LogP contribution in [0.5, 0.6) is 5.06 Å². The molecule has 4 unspecified atom stereocenters. The first kappa shape index (κ1) is 22.8. The van der Waals surface area contributed by atoms with Crippen LogP contribution in [0, 0.1) is 11.8 Å². The molecule has 4 atom stereocenters. The molecule has 0 radical (unpaired) electrons. The fourth-order valence-electron chi connectivity index (χ4n) is 5.36. The molecular formula is C27H24N2O6S. The van der Waals surface area contributed by atoms with Gasteiger partial charge in [0.2, 0.25) is 11.8 Å². The van der Waals surface area contributed by atoms with Crippen molar-refractivity contribution >= 4 is 34.9 Å². The number of thiophene rings is 1. The number of hydrogen-bond donors (Lipinski definition) is 2. The maximum atomic E-state index is 12.8. The average Bonchev–Trinajstić information content (AvgIpc) is 3.66. The minimum atomic E-state index is -0.572. The molecule has 3 aromatic rings. The summed E-state index contributed by atoms with van der Waals surface area (Å²) in [4.78, 5) is 40.2. The number of imide groups is 1. The number of rotatable bonds is 6. The van der Waals surface area contributed by atoms with Gasteiger partial charge in [0.1, 0.15) is 6.61 Å². The first-order valence-corrected chi connectivity index (χ1v) is 12.7. The van der Waals surface area contributed by atoms with Crippen LogP contribution in [0.4, 0.5) is 10.5 Å². The summed E-state index contributed by atoms with van der Waals surface area (Å²) in [5, 5.41) is 12.5. The quantitative estimate of drug-likeness (QED) is 0.478. The van der Waals surface area contributed by atoms with Gasteiger partial charge in [-0.3, -0.25) is 19.8 Å². The zero-order valence-corrected chi connectivity index (χ0v) is 20.1. The van der Waals surface area contributed by atoms with Gasteiger partial charge in [-0.2, -0.15) is 0 Å². The second-order valence-corrected chi connectivity index (χ2v) is 10.4. The maximum Gasteiger partial charge on any atom is 0.411 e. The van der Waals surface area contributed by atoms with Crippen molar-refractivity contribution in [2.75, 3.05) is 5.32 Å². The van der Waals surface area contributed by atoms with E-state index in [-0.39, 0.29) is 54.1 Å². The summed E-state index contributed by atoms with van der Waals surface area (Å²) in [6, 6.07) is 18.1. The first-order valence-electron chi connectivity index (χ1n) is 11.9. The molecule has 0 aliphatic carbocycles. The third-order valence-electron chi connectivity index (χ3n) is 7.12. The number of likely N-dealkylation sites (tertiary alicyclic amines) is 1. The van der Waals surface area contributed by atoms with Crippen LogP contribution in [-0.4, -0.2) is 40.1 Å². The van der Waals surface area contributed by atoms with Crippen molar-refractivity contribution in [3.63, 3.8) is 0 Å². The third-order valence-corrected chi connectivity index (χ3v) is 8.05. The molecule has 1 aromatic heterocycles. The molecule has 3 fully saturated rings. The van der Waals surface area contributed by atoms with Crippen molar-refractivity contribution < 1.29 is 29.0 Å². The topological polar surface area (TPSA) is 105 Å². The van der Waals surface area contributed by atoms with E-state index >= 15 is 0 Å². The van der Waals surface area contributed by atoms with Gasteiger partial charge in [-0.15, -0.1) is 0 Å².